The van der Waals surface area contributed by atoms with E-state index in [0.29, 0.717) is 17.3 Å². The third kappa shape index (κ3) is 2.83. The van der Waals surface area contributed by atoms with Gasteiger partial charge in [0.2, 0.25) is 6.79 Å². The molecular weight excluding hydrogens is 240 g/mol. The normalized spacial score (nSPS) is 15.0. The third-order valence-electron chi connectivity index (χ3n) is 2.86. The van der Waals surface area contributed by atoms with Crippen molar-refractivity contribution < 1.29 is 9.47 Å². The van der Waals surface area contributed by atoms with Gasteiger partial charge in [-0.1, -0.05) is 18.0 Å². The van der Waals surface area contributed by atoms with Crippen molar-refractivity contribution in [2.24, 2.45) is 11.5 Å². The van der Waals surface area contributed by atoms with E-state index in [1.807, 2.05) is 6.07 Å². The Morgan fingerprint density at radius 1 is 1.24 bits per heavy atom. The number of nitrogens with two attached hydrogens (primary N) is 2. The fourth-order valence-corrected chi connectivity index (χ4v) is 2.17. The molecule has 0 saturated heterocycles. The van der Waals surface area contributed by atoms with Crippen LogP contribution in [0.25, 0.3) is 0 Å². The van der Waals surface area contributed by atoms with E-state index in [0.717, 1.165) is 30.6 Å². The molecule has 0 radical (unpaired) electrons. The highest BCUT2D eigenvalue weighted by Gasteiger charge is 2.19. The molecule has 1 aromatic carbocycles. The first-order valence-electron chi connectivity index (χ1n) is 5.77. The van der Waals surface area contributed by atoms with Gasteiger partial charge in [0, 0.05) is 17.1 Å². The van der Waals surface area contributed by atoms with Crippen LogP contribution in [0.4, 0.5) is 0 Å². The topological polar surface area (TPSA) is 70.5 Å². The summed E-state index contributed by atoms with van der Waals surface area (Å²) in [5, 5.41) is 0.634. The molecule has 0 spiro atoms. The van der Waals surface area contributed by atoms with E-state index in [1.165, 1.54) is 0 Å². The minimum absolute atomic E-state index is 0.0800. The third-order valence-corrected chi connectivity index (χ3v) is 3.19. The molecule has 4 N–H and O–H groups in total. The van der Waals surface area contributed by atoms with Gasteiger partial charge >= 0.3 is 0 Å². The molecule has 94 valence electrons. The van der Waals surface area contributed by atoms with E-state index < -0.39 is 0 Å². The van der Waals surface area contributed by atoms with Crippen molar-refractivity contribution in [3.8, 4) is 11.5 Å². The Balaban J connectivity index is 2.09. The van der Waals surface area contributed by atoms with Gasteiger partial charge in [0.1, 0.15) is 0 Å². The highest BCUT2D eigenvalue weighted by atomic mass is 35.5. The van der Waals surface area contributed by atoms with Crippen LogP contribution in [0.1, 0.15) is 30.9 Å². The molecule has 0 amide bonds. The van der Waals surface area contributed by atoms with Gasteiger partial charge in [0.15, 0.2) is 11.5 Å². The van der Waals surface area contributed by atoms with Crippen molar-refractivity contribution >= 4 is 11.6 Å². The van der Waals surface area contributed by atoms with Crippen molar-refractivity contribution in [1.29, 1.82) is 0 Å². The Bertz CT molecular complexity index is 398. The molecule has 0 aliphatic carbocycles. The second kappa shape index (κ2) is 5.58. The van der Waals surface area contributed by atoms with Crippen LogP contribution in [0.5, 0.6) is 11.5 Å². The quantitative estimate of drug-likeness (QED) is 0.793. The van der Waals surface area contributed by atoms with E-state index in [1.54, 1.807) is 6.07 Å². The Morgan fingerprint density at radius 3 is 2.65 bits per heavy atom. The monoisotopic (exact) mass is 256 g/mol. The average molecular weight is 257 g/mol. The Labute approximate surface area is 106 Å². The first-order chi connectivity index (χ1) is 8.22. The summed E-state index contributed by atoms with van der Waals surface area (Å²) in [5.74, 6) is 1.41. The van der Waals surface area contributed by atoms with Crippen LogP contribution in [-0.2, 0) is 0 Å². The minimum Gasteiger partial charge on any atom is -0.454 e. The fourth-order valence-electron chi connectivity index (χ4n) is 1.88. The molecule has 0 saturated carbocycles. The molecule has 1 aromatic rings. The zero-order valence-electron chi connectivity index (χ0n) is 9.62. The molecule has 17 heavy (non-hydrogen) atoms. The van der Waals surface area contributed by atoms with Crippen molar-refractivity contribution in [2.45, 2.75) is 25.3 Å². The molecule has 1 heterocycles. The van der Waals surface area contributed by atoms with Crippen molar-refractivity contribution in [1.82, 2.24) is 0 Å². The number of benzene rings is 1. The molecule has 1 atom stereocenters. The molecule has 1 aliphatic heterocycles. The van der Waals surface area contributed by atoms with Crippen LogP contribution in [0, 0.1) is 0 Å². The summed E-state index contributed by atoms with van der Waals surface area (Å²) in [7, 11) is 0. The Morgan fingerprint density at radius 2 is 1.94 bits per heavy atom. The Hall–Kier alpha value is -0.970. The van der Waals surface area contributed by atoms with Gasteiger partial charge in [-0.2, -0.15) is 0 Å². The molecule has 0 fully saturated rings. The lowest BCUT2D eigenvalue weighted by Gasteiger charge is -2.14. The predicted molar refractivity (Wildman–Crippen MR) is 67.4 cm³/mol. The average Bonchev–Trinajstić information content (AvgIpc) is 2.75. The molecule has 0 aromatic heterocycles. The largest absolute Gasteiger partial charge is 0.454 e. The summed E-state index contributed by atoms with van der Waals surface area (Å²) >= 11 is 6.18. The second-order valence-electron chi connectivity index (χ2n) is 4.12. The van der Waals surface area contributed by atoms with E-state index >= 15 is 0 Å². The smallest absolute Gasteiger partial charge is 0.231 e. The first kappa shape index (κ1) is 12.5. The standard InChI is InChI=1S/C12H17ClN2O2/c13-9-6-12-11(16-7-17-12)5-8(9)10(15)3-1-2-4-14/h5-6,10H,1-4,7,14-15H2/t10-/m0/s1. The lowest BCUT2D eigenvalue weighted by atomic mass is 10.0. The number of rotatable bonds is 5. The number of hydrogen-bond acceptors (Lipinski definition) is 4. The SMILES string of the molecule is NCCCC[C@H](N)c1cc2c(cc1Cl)OCO2. The summed E-state index contributed by atoms with van der Waals surface area (Å²) in [6.45, 7) is 0.944. The summed E-state index contributed by atoms with van der Waals surface area (Å²) in [6.07, 6.45) is 2.86. The summed E-state index contributed by atoms with van der Waals surface area (Å²) in [4.78, 5) is 0. The van der Waals surface area contributed by atoms with Gasteiger partial charge in [-0.15, -0.1) is 0 Å². The summed E-state index contributed by atoms with van der Waals surface area (Å²) < 4.78 is 10.6. The van der Waals surface area contributed by atoms with Gasteiger partial charge in [-0.25, -0.2) is 0 Å². The van der Waals surface area contributed by atoms with Gasteiger partial charge < -0.3 is 20.9 Å². The number of halogens is 1. The summed E-state index contributed by atoms with van der Waals surface area (Å²) in [6, 6.07) is 3.56. The lowest BCUT2D eigenvalue weighted by molar-refractivity contribution is 0.174. The molecule has 2 rings (SSSR count). The number of hydrogen-bond donors (Lipinski definition) is 2. The van der Waals surface area contributed by atoms with Crippen molar-refractivity contribution in [3.63, 3.8) is 0 Å². The van der Waals surface area contributed by atoms with Gasteiger partial charge in [0.25, 0.3) is 0 Å². The van der Waals surface area contributed by atoms with Crippen LogP contribution in [0.15, 0.2) is 12.1 Å². The molecular formula is C12H17ClN2O2. The predicted octanol–water partition coefficient (Wildman–Crippen LogP) is 2.20. The summed E-state index contributed by atoms with van der Waals surface area (Å²) in [5.41, 5.74) is 12.5. The zero-order valence-corrected chi connectivity index (χ0v) is 10.4. The van der Waals surface area contributed by atoms with Gasteiger partial charge in [-0.05, 0) is 31.0 Å². The van der Waals surface area contributed by atoms with Crippen molar-refractivity contribution in [2.75, 3.05) is 13.3 Å². The van der Waals surface area contributed by atoms with E-state index in [-0.39, 0.29) is 12.8 Å². The highest BCUT2D eigenvalue weighted by Crippen LogP contribution is 2.39. The zero-order chi connectivity index (χ0) is 12.3. The number of ether oxygens (including phenoxy) is 2. The second-order valence-corrected chi connectivity index (χ2v) is 4.53. The fraction of sp³-hybridized carbons (Fsp3) is 0.500. The maximum absolute atomic E-state index is 6.18. The van der Waals surface area contributed by atoms with Crippen molar-refractivity contribution in [3.05, 3.63) is 22.7 Å². The van der Waals surface area contributed by atoms with Crippen LogP contribution in [-0.4, -0.2) is 13.3 Å². The number of unbranched alkanes of at least 4 members (excludes halogenated alkanes) is 1. The first-order valence-corrected chi connectivity index (χ1v) is 6.15. The van der Waals surface area contributed by atoms with Crippen LogP contribution >= 0.6 is 11.6 Å². The highest BCUT2D eigenvalue weighted by molar-refractivity contribution is 6.31. The molecule has 0 unspecified atom stereocenters. The van der Waals surface area contributed by atoms with Crippen LogP contribution < -0.4 is 20.9 Å². The van der Waals surface area contributed by atoms with E-state index in [2.05, 4.69) is 0 Å². The maximum Gasteiger partial charge on any atom is 0.231 e. The van der Waals surface area contributed by atoms with E-state index in [9.17, 15) is 0 Å². The van der Waals surface area contributed by atoms with Crippen LogP contribution in [0.3, 0.4) is 0 Å². The molecule has 0 bridgehead atoms. The molecule has 5 heteroatoms. The Kier molecular flexibility index (Phi) is 4.10. The number of fused-ring (bicyclic) bond motifs is 1. The molecule has 4 nitrogen and oxygen atoms in total. The minimum atomic E-state index is -0.0800. The maximum atomic E-state index is 6.18. The van der Waals surface area contributed by atoms with Gasteiger partial charge in [-0.3, -0.25) is 0 Å². The lowest BCUT2D eigenvalue weighted by Crippen LogP contribution is -2.11. The van der Waals surface area contributed by atoms with Crippen LogP contribution in [0.2, 0.25) is 5.02 Å². The van der Waals surface area contributed by atoms with E-state index in [4.69, 9.17) is 32.5 Å². The van der Waals surface area contributed by atoms with Gasteiger partial charge in [0.05, 0.1) is 0 Å². The molecule has 1 aliphatic rings.